The van der Waals surface area contributed by atoms with Crippen molar-refractivity contribution in [1.29, 1.82) is 0 Å². The van der Waals surface area contributed by atoms with Gasteiger partial charge in [0, 0.05) is 36.1 Å². The minimum Gasteiger partial charge on any atom is -0.438 e. The molecular formula is C17H22ClN3O2S. The largest absolute Gasteiger partial charge is 0.438 e. The molecular weight excluding hydrogens is 346 g/mol. The van der Waals surface area contributed by atoms with Gasteiger partial charge in [-0.3, -0.25) is 4.79 Å². The van der Waals surface area contributed by atoms with E-state index in [1.54, 1.807) is 6.20 Å². The molecule has 2 atom stereocenters. The monoisotopic (exact) mass is 367 g/mol. The summed E-state index contributed by atoms with van der Waals surface area (Å²) < 4.78 is 5.78. The summed E-state index contributed by atoms with van der Waals surface area (Å²) in [7, 11) is 0. The first kappa shape index (κ1) is 18.8. The Morgan fingerprint density at radius 1 is 1.46 bits per heavy atom. The Hall–Kier alpha value is -1.50. The van der Waals surface area contributed by atoms with Crippen LogP contribution in [0.1, 0.15) is 25.3 Å². The Balaban J connectivity index is 0.00000208. The van der Waals surface area contributed by atoms with Gasteiger partial charge in [-0.05, 0) is 6.92 Å². The molecule has 2 aromatic rings. The van der Waals surface area contributed by atoms with Gasteiger partial charge >= 0.3 is 0 Å². The fourth-order valence-corrected chi connectivity index (χ4v) is 3.51. The van der Waals surface area contributed by atoms with Gasteiger partial charge in [0.25, 0.3) is 0 Å². The second kappa shape index (κ2) is 9.11. The van der Waals surface area contributed by atoms with E-state index in [1.165, 1.54) is 0 Å². The summed E-state index contributed by atoms with van der Waals surface area (Å²) in [6.07, 6.45) is 2.19. The van der Waals surface area contributed by atoms with Crippen molar-refractivity contribution in [1.82, 2.24) is 15.6 Å². The number of carbonyl (C=O) groups excluding carboxylic acids is 1. The zero-order valence-corrected chi connectivity index (χ0v) is 15.2. The number of hydrogen-bond acceptors (Lipinski definition) is 5. The molecule has 24 heavy (non-hydrogen) atoms. The maximum absolute atomic E-state index is 12.1. The lowest BCUT2D eigenvalue weighted by Gasteiger charge is -2.23. The maximum atomic E-state index is 12.1. The molecule has 1 fully saturated rings. The van der Waals surface area contributed by atoms with E-state index in [9.17, 15) is 4.79 Å². The van der Waals surface area contributed by atoms with Gasteiger partial charge in [0.15, 0.2) is 5.76 Å². The number of rotatable bonds is 5. The minimum atomic E-state index is -0.240. The standard InChI is InChI=1S/C17H21N3O2S.ClH/c1-12(20-16(21)9-14-11-23-8-7-18-14)17-19-10-15(22-17)13-5-3-2-4-6-13;/h2-6,10,12,14,18H,7-9,11H2,1H3,(H,20,21);1H. The van der Waals surface area contributed by atoms with Crippen LogP contribution in [0.3, 0.4) is 0 Å². The number of thioether (sulfide) groups is 1. The van der Waals surface area contributed by atoms with E-state index in [0.29, 0.717) is 18.1 Å². The van der Waals surface area contributed by atoms with E-state index in [-0.39, 0.29) is 30.4 Å². The predicted molar refractivity (Wildman–Crippen MR) is 99.5 cm³/mol. The number of halogens is 1. The molecule has 2 N–H and O–H groups in total. The lowest BCUT2D eigenvalue weighted by Crippen LogP contribution is -2.41. The first-order valence-corrected chi connectivity index (χ1v) is 8.99. The van der Waals surface area contributed by atoms with Gasteiger partial charge in [0.2, 0.25) is 11.8 Å². The molecule has 0 bridgehead atoms. The highest BCUT2D eigenvalue weighted by Crippen LogP contribution is 2.22. The topological polar surface area (TPSA) is 67.2 Å². The van der Waals surface area contributed by atoms with Crippen LogP contribution >= 0.6 is 24.2 Å². The molecule has 3 rings (SSSR count). The van der Waals surface area contributed by atoms with Gasteiger partial charge < -0.3 is 15.1 Å². The van der Waals surface area contributed by atoms with Crippen molar-refractivity contribution in [3.05, 3.63) is 42.4 Å². The van der Waals surface area contributed by atoms with Gasteiger partial charge in [0.1, 0.15) is 6.04 Å². The Morgan fingerprint density at radius 3 is 2.96 bits per heavy atom. The Labute approximate surface area is 152 Å². The molecule has 1 aliphatic heterocycles. The zero-order valence-electron chi connectivity index (χ0n) is 13.5. The fourth-order valence-electron chi connectivity index (χ4n) is 2.56. The van der Waals surface area contributed by atoms with Crippen LogP contribution in [0.5, 0.6) is 0 Å². The summed E-state index contributed by atoms with van der Waals surface area (Å²) in [5.74, 6) is 3.37. The number of nitrogens with one attached hydrogen (secondary N) is 2. The van der Waals surface area contributed by atoms with E-state index in [4.69, 9.17) is 4.42 Å². The zero-order chi connectivity index (χ0) is 16.1. The third-order valence-corrected chi connectivity index (χ3v) is 4.89. The second-order valence-electron chi connectivity index (χ2n) is 5.65. The normalized spacial score (nSPS) is 18.5. The van der Waals surface area contributed by atoms with Crippen LogP contribution in [0.2, 0.25) is 0 Å². The van der Waals surface area contributed by atoms with Crippen molar-refractivity contribution in [2.24, 2.45) is 0 Å². The maximum Gasteiger partial charge on any atom is 0.222 e. The van der Waals surface area contributed by atoms with Crippen molar-refractivity contribution >= 4 is 30.1 Å². The number of carbonyl (C=O) groups is 1. The smallest absolute Gasteiger partial charge is 0.222 e. The van der Waals surface area contributed by atoms with E-state index in [1.807, 2.05) is 49.0 Å². The number of aromatic nitrogens is 1. The lowest BCUT2D eigenvalue weighted by molar-refractivity contribution is -0.122. The fraction of sp³-hybridized carbons (Fsp3) is 0.412. The average molecular weight is 368 g/mol. The quantitative estimate of drug-likeness (QED) is 0.850. The van der Waals surface area contributed by atoms with Gasteiger partial charge in [-0.2, -0.15) is 11.8 Å². The van der Waals surface area contributed by atoms with Crippen LogP contribution in [-0.2, 0) is 4.79 Å². The average Bonchev–Trinajstić information content (AvgIpc) is 3.06. The SMILES string of the molecule is CC(NC(=O)CC1CSCCN1)c1ncc(-c2ccccc2)o1.Cl. The summed E-state index contributed by atoms with van der Waals surface area (Å²) in [5.41, 5.74) is 0.980. The van der Waals surface area contributed by atoms with Gasteiger partial charge in [-0.1, -0.05) is 30.3 Å². The highest BCUT2D eigenvalue weighted by molar-refractivity contribution is 7.99. The molecule has 1 amide bonds. The lowest BCUT2D eigenvalue weighted by atomic mass is 10.2. The summed E-state index contributed by atoms with van der Waals surface area (Å²) >= 11 is 1.89. The van der Waals surface area contributed by atoms with Crippen molar-refractivity contribution in [2.75, 3.05) is 18.1 Å². The van der Waals surface area contributed by atoms with Crippen molar-refractivity contribution in [3.63, 3.8) is 0 Å². The molecule has 130 valence electrons. The van der Waals surface area contributed by atoms with Crippen LogP contribution in [-0.4, -0.2) is 35.0 Å². The second-order valence-corrected chi connectivity index (χ2v) is 6.80. The Morgan fingerprint density at radius 2 is 2.25 bits per heavy atom. The molecule has 0 radical (unpaired) electrons. The first-order valence-electron chi connectivity index (χ1n) is 7.84. The molecule has 0 saturated carbocycles. The predicted octanol–water partition coefficient (Wildman–Crippen LogP) is 3.04. The summed E-state index contributed by atoms with van der Waals surface area (Å²) in [4.78, 5) is 16.4. The number of nitrogens with zero attached hydrogens (tertiary/aromatic N) is 1. The van der Waals surface area contributed by atoms with Crippen molar-refractivity contribution in [3.8, 4) is 11.3 Å². The van der Waals surface area contributed by atoms with Crippen LogP contribution in [0.15, 0.2) is 40.9 Å². The Kier molecular flexibility index (Phi) is 7.15. The number of hydrogen-bond donors (Lipinski definition) is 2. The third kappa shape index (κ3) is 5.00. The molecule has 2 unspecified atom stereocenters. The van der Waals surface area contributed by atoms with Crippen molar-refractivity contribution in [2.45, 2.75) is 25.4 Å². The molecule has 0 aliphatic carbocycles. The summed E-state index contributed by atoms with van der Waals surface area (Å²) in [5, 5.41) is 6.33. The molecule has 7 heteroatoms. The highest BCUT2D eigenvalue weighted by atomic mass is 35.5. The van der Waals surface area contributed by atoms with E-state index in [2.05, 4.69) is 15.6 Å². The highest BCUT2D eigenvalue weighted by Gasteiger charge is 2.20. The van der Waals surface area contributed by atoms with Crippen molar-refractivity contribution < 1.29 is 9.21 Å². The van der Waals surface area contributed by atoms with Crippen LogP contribution in [0, 0.1) is 0 Å². The molecule has 1 aromatic carbocycles. The number of oxazole rings is 1. The molecule has 1 saturated heterocycles. The van der Waals surface area contributed by atoms with E-state index < -0.39 is 0 Å². The van der Waals surface area contributed by atoms with Gasteiger partial charge in [0.05, 0.1) is 6.20 Å². The van der Waals surface area contributed by atoms with Crippen LogP contribution < -0.4 is 10.6 Å². The van der Waals surface area contributed by atoms with Crippen LogP contribution in [0.25, 0.3) is 11.3 Å². The first-order chi connectivity index (χ1) is 11.2. The molecule has 0 spiro atoms. The van der Waals surface area contributed by atoms with Crippen LogP contribution in [0.4, 0.5) is 0 Å². The van der Waals surface area contributed by atoms with E-state index in [0.717, 1.165) is 23.6 Å². The minimum absolute atomic E-state index is 0. The molecule has 2 heterocycles. The third-order valence-electron chi connectivity index (χ3n) is 3.76. The molecule has 1 aliphatic rings. The summed E-state index contributed by atoms with van der Waals surface area (Å²) in [6, 6.07) is 9.83. The van der Waals surface area contributed by atoms with E-state index >= 15 is 0 Å². The van der Waals surface area contributed by atoms with Gasteiger partial charge in [-0.15, -0.1) is 12.4 Å². The van der Waals surface area contributed by atoms with Gasteiger partial charge in [-0.25, -0.2) is 4.98 Å². The number of benzene rings is 1. The molecule has 1 aromatic heterocycles. The summed E-state index contributed by atoms with van der Waals surface area (Å²) in [6.45, 7) is 2.86. The molecule has 5 nitrogen and oxygen atoms in total. The number of amides is 1. The Bertz CT molecular complexity index is 644.